The lowest BCUT2D eigenvalue weighted by molar-refractivity contribution is 0.470. The number of hydrogen-bond donors (Lipinski definition) is 1. The van der Waals surface area contributed by atoms with Gasteiger partial charge in [0.2, 0.25) is 0 Å². The minimum absolute atomic E-state index is 0.349. The monoisotopic (exact) mass is 201 g/mol. The van der Waals surface area contributed by atoms with Crippen molar-refractivity contribution in [2.75, 3.05) is 0 Å². The van der Waals surface area contributed by atoms with Crippen LogP contribution in [0.2, 0.25) is 0 Å². The molecule has 0 saturated carbocycles. The highest BCUT2D eigenvalue weighted by molar-refractivity contribution is 8.05. The van der Waals surface area contributed by atoms with Gasteiger partial charge in [0.1, 0.15) is 5.75 Å². The van der Waals surface area contributed by atoms with E-state index in [0.29, 0.717) is 5.75 Å². The van der Waals surface area contributed by atoms with Crippen molar-refractivity contribution in [3.63, 3.8) is 0 Å². The van der Waals surface area contributed by atoms with Crippen LogP contribution < -0.4 is 0 Å². The van der Waals surface area contributed by atoms with Crippen LogP contribution in [0.4, 0.5) is 0 Å². The molecule has 0 bridgehead atoms. The number of hydrogen-bond acceptors (Lipinski definition) is 1. The third-order valence-corrected chi connectivity index (χ3v) is 1.36. The Bertz CT molecular complexity index is 238. The van der Waals surface area contributed by atoms with Crippen LogP contribution in [-0.2, 0) is 6.42 Å². The average molecular weight is 202 g/mol. The molecule has 0 amide bonds. The number of allylic oxidation sites excluding steroid dienone is 1. The van der Waals surface area contributed by atoms with E-state index in [1.807, 2.05) is 18.2 Å². The summed E-state index contributed by atoms with van der Waals surface area (Å²) in [6.07, 6.45) is 2.50. The van der Waals surface area contributed by atoms with E-state index in [1.54, 1.807) is 12.1 Å². The van der Waals surface area contributed by atoms with Gasteiger partial charge >= 0.3 is 0 Å². The van der Waals surface area contributed by atoms with E-state index >= 15 is 0 Å². The zero-order valence-corrected chi connectivity index (χ0v) is 8.11. The summed E-state index contributed by atoms with van der Waals surface area (Å²) < 4.78 is 0. The fourth-order valence-corrected chi connectivity index (χ4v) is 0.839. The number of phenolic OH excluding ortho intramolecular Hbond substituents is 1. The summed E-state index contributed by atoms with van der Waals surface area (Å²) in [5, 5.41) is 9.19. The van der Waals surface area contributed by atoms with Crippen LogP contribution in [0.3, 0.4) is 0 Å². The molecule has 1 radical (unpaired) electrons. The Kier molecular flexibility index (Phi) is 6.72. The van der Waals surface area contributed by atoms with E-state index in [9.17, 15) is 5.11 Å². The lowest BCUT2D eigenvalue weighted by atomic mass is 10.1. The molecule has 0 aliphatic heterocycles. The van der Waals surface area contributed by atoms with Gasteiger partial charge in [-0.15, -0.1) is 6.58 Å². The fourth-order valence-electron chi connectivity index (χ4n) is 0.839. The summed E-state index contributed by atoms with van der Waals surface area (Å²) in [6.45, 7) is 3.59. The van der Waals surface area contributed by atoms with Gasteiger partial charge in [0.15, 0.2) is 0 Å². The van der Waals surface area contributed by atoms with E-state index in [-0.39, 0.29) is 0 Å². The lowest BCUT2D eigenvalue weighted by Gasteiger charge is -1.97. The molecule has 0 aromatic heterocycles. The molecular formula is C9H10ClOS. The van der Waals surface area contributed by atoms with Gasteiger partial charge in [-0.05, 0) is 28.7 Å². The normalized spacial score (nSPS) is 8.17. The molecule has 65 valence electrons. The summed E-state index contributed by atoms with van der Waals surface area (Å²) >= 11 is 3.56. The second-order valence-electron chi connectivity index (χ2n) is 2.12. The Balaban J connectivity index is 0.000000561. The minimum Gasteiger partial charge on any atom is -0.508 e. The second-order valence-corrected chi connectivity index (χ2v) is 2.12. The van der Waals surface area contributed by atoms with Crippen molar-refractivity contribution in [2.45, 2.75) is 6.42 Å². The number of phenols is 1. The molecule has 1 nitrogen and oxygen atoms in total. The van der Waals surface area contributed by atoms with E-state index in [0.717, 1.165) is 12.0 Å². The van der Waals surface area contributed by atoms with Crippen LogP contribution in [0.25, 0.3) is 0 Å². The standard InChI is InChI=1S/C9H10O.ClS/c1-2-5-8-6-3-4-7-9(8)10;1-2/h2-4,6-7,10H,1,5H2;. The topological polar surface area (TPSA) is 20.2 Å². The van der Waals surface area contributed by atoms with Crippen LogP contribution in [0, 0.1) is 0 Å². The molecule has 3 heteroatoms. The van der Waals surface area contributed by atoms with Crippen LogP contribution in [0.15, 0.2) is 36.9 Å². The first-order valence-electron chi connectivity index (χ1n) is 3.38. The first kappa shape index (κ1) is 11.4. The maximum absolute atomic E-state index is 9.19. The third-order valence-electron chi connectivity index (χ3n) is 1.36. The summed E-state index contributed by atoms with van der Waals surface area (Å²) in [6, 6.07) is 7.27. The number of para-hydroxylation sites is 1. The van der Waals surface area contributed by atoms with Gasteiger partial charge < -0.3 is 5.11 Å². The van der Waals surface area contributed by atoms with Crippen molar-refractivity contribution in [2.24, 2.45) is 0 Å². The van der Waals surface area contributed by atoms with Gasteiger partial charge in [0.05, 0.1) is 0 Å². The first-order chi connectivity index (χ1) is 5.84. The SMILES string of the molecule is C=CCc1ccccc1O.[S]Cl. The predicted octanol–water partition coefficient (Wildman–Crippen LogP) is 3.46. The summed E-state index contributed by atoms with van der Waals surface area (Å²) in [5.41, 5.74) is 0.928. The van der Waals surface area contributed by atoms with Gasteiger partial charge in [-0.3, -0.25) is 0 Å². The van der Waals surface area contributed by atoms with Gasteiger partial charge in [0, 0.05) is 11.8 Å². The van der Waals surface area contributed by atoms with E-state index in [4.69, 9.17) is 0 Å². The van der Waals surface area contributed by atoms with Crippen LogP contribution in [0.5, 0.6) is 5.75 Å². The quantitative estimate of drug-likeness (QED) is 0.727. The lowest BCUT2D eigenvalue weighted by Crippen LogP contribution is -1.79. The van der Waals surface area contributed by atoms with Gasteiger partial charge in [-0.2, -0.15) is 0 Å². The number of aromatic hydroxyl groups is 1. The molecule has 0 unspecified atom stereocenters. The van der Waals surface area contributed by atoms with Crippen molar-refractivity contribution >= 4 is 22.5 Å². The van der Waals surface area contributed by atoms with Crippen molar-refractivity contribution in [3.05, 3.63) is 42.5 Å². The number of benzene rings is 1. The van der Waals surface area contributed by atoms with Gasteiger partial charge in [-0.1, -0.05) is 24.3 Å². The van der Waals surface area contributed by atoms with Crippen LogP contribution in [0.1, 0.15) is 5.56 Å². The van der Waals surface area contributed by atoms with E-state index in [1.165, 1.54) is 0 Å². The van der Waals surface area contributed by atoms with Gasteiger partial charge in [0.25, 0.3) is 0 Å². The van der Waals surface area contributed by atoms with Crippen LogP contribution in [-0.4, -0.2) is 5.11 Å². The molecular weight excluding hydrogens is 192 g/mol. The maximum Gasteiger partial charge on any atom is 0.119 e. The molecule has 1 N–H and O–H groups in total. The number of halogens is 1. The Hall–Kier alpha value is -0.600. The molecule has 0 heterocycles. The Morgan fingerprint density at radius 1 is 1.42 bits per heavy atom. The molecule has 12 heavy (non-hydrogen) atoms. The van der Waals surface area contributed by atoms with Crippen molar-refractivity contribution in [3.8, 4) is 5.75 Å². The highest BCUT2D eigenvalue weighted by atomic mass is 35.7. The van der Waals surface area contributed by atoms with Gasteiger partial charge in [-0.25, -0.2) is 0 Å². The second kappa shape index (κ2) is 7.07. The summed E-state index contributed by atoms with van der Waals surface area (Å²) in [7, 11) is 4.22. The van der Waals surface area contributed by atoms with E-state index < -0.39 is 0 Å². The largest absolute Gasteiger partial charge is 0.508 e. The van der Waals surface area contributed by atoms with Crippen molar-refractivity contribution in [1.82, 2.24) is 0 Å². The Morgan fingerprint density at radius 2 is 2.00 bits per heavy atom. The Morgan fingerprint density at radius 3 is 2.50 bits per heavy atom. The smallest absolute Gasteiger partial charge is 0.119 e. The number of rotatable bonds is 2. The van der Waals surface area contributed by atoms with E-state index in [2.05, 4.69) is 29.1 Å². The highest BCUT2D eigenvalue weighted by Crippen LogP contribution is 2.15. The molecule has 1 aromatic rings. The molecule has 0 spiro atoms. The Labute approximate surface area is 82.6 Å². The first-order valence-corrected chi connectivity index (χ1v) is 4.61. The average Bonchev–Trinajstić information content (AvgIpc) is 2.13. The molecule has 1 aromatic carbocycles. The third kappa shape index (κ3) is 3.69. The minimum atomic E-state index is 0.349. The summed E-state index contributed by atoms with van der Waals surface area (Å²) in [4.78, 5) is 0. The molecule has 0 saturated heterocycles. The molecule has 0 aliphatic carbocycles. The van der Waals surface area contributed by atoms with Crippen molar-refractivity contribution < 1.29 is 5.11 Å². The molecule has 1 rings (SSSR count). The molecule has 0 atom stereocenters. The molecule has 0 aliphatic rings. The molecule has 0 fully saturated rings. The van der Waals surface area contributed by atoms with Crippen LogP contribution >= 0.6 is 22.5 Å². The predicted molar refractivity (Wildman–Crippen MR) is 55.5 cm³/mol. The zero-order valence-electron chi connectivity index (χ0n) is 6.53. The van der Waals surface area contributed by atoms with Crippen molar-refractivity contribution in [1.29, 1.82) is 0 Å². The summed E-state index contributed by atoms with van der Waals surface area (Å²) in [5.74, 6) is 0.349. The zero-order chi connectivity index (χ0) is 9.40. The maximum atomic E-state index is 9.19. The highest BCUT2D eigenvalue weighted by Gasteiger charge is 1.93. The fraction of sp³-hybridized carbons (Fsp3) is 0.111.